The molecule has 0 amide bonds. The maximum Gasteiger partial charge on any atom is 0.252 e. The lowest BCUT2D eigenvalue weighted by atomic mass is 9.31. The largest absolute Gasteiger partial charge is 0.311 e. The van der Waals surface area contributed by atoms with E-state index in [9.17, 15) is 11.0 Å². The molecular formula is C98H91BN4. The molecule has 0 radical (unpaired) electrons. The first-order chi connectivity index (χ1) is 55.9. The number of hydrogen-bond acceptors (Lipinski definition) is 2. The van der Waals surface area contributed by atoms with Gasteiger partial charge in [0.15, 0.2) is 0 Å². The van der Waals surface area contributed by atoms with E-state index < -0.39 is 88.8 Å². The van der Waals surface area contributed by atoms with Crippen LogP contribution >= 0.6 is 0 Å². The van der Waals surface area contributed by atoms with Crippen molar-refractivity contribution in [2.45, 2.75) is 131 Å². The second-order valence-corrected chi connectivity index (χ2v) is 33.0. The molecule has 5 heteroatoms. The molecule has 4 heterocycles. The van der Waals surface area contributed by atoms with Gasteiger partial charge >= 0.3 is 0 Å². The second kappa shape index (κ2) is 23.9. The highest BCUT2D eigenvalue weighted by Gasteiger charge is 2.49. The van der Waals surface area contributed by atoms with Crippen LogP contribution in [-0.4, -0.2) is 15.8 Å². The highest BCUT2D eigenvalue weighted by atomic mass is 15.2. The van der Waals surface area contributed by atoms with E-state index in [4.69, 9.17) is 11.0 Å². The molecule has 0 spiro atoms. The number of anilines is 6. The third kappa shape index (κ3) is 10.8. The number of hydrogen-bond donors (Lipinski definition) is 0. The summed E-state index contributed by atoms with van der Waals surface area (Å²) in [4.78, 5) is 5.09. The van der Waals surface area contributed by atoms with Crippen molar-refractivity contribution in [2.24, 2.45) is 0 Å². The Kier molecular flexibility index (Phi) is 11.5. The molecule has 0 saturated heterocycles. The zero-order valence-corrected chi connectivity index (χ0v) is 61.2. The Bertz CT molecular complexity index is 6350. The van der Waals surface area contributed by atoms with Crippen molar-refractivity contribution in [1.29, 1.82) is 0 Å². The minimum atomic E-state index is -0.503. The first-order valence-corrected chi connectivity index (χ1v) is 35.7. The van der Waals surface area contributed by atoms with E-state index in [1.165, 1.54) is 33.2 Å². The predicted molar refractivity (Wildman–Crippen MR) is 444 cm³/mol. The molecule has 4 nitrogen and oxygen atoms in total. The summed E-state index contributed by atoms with van der Waals surface area (Å²) in [5.74, 6) is 0. The highest BCUT2D eigenvalue weighted by molar-refractivity contribution is 7.01. The molecular weight excluding hydrogens is 1240 g/mol. The Hall–Kier alpha value is -10.9. The van der Waals surface area contributed by atoms with Crippen molar-refractivity contribution in [2.75, 3.05) is 9.80 Å². The minimum absolute atomic E-state index is 0.00990. The molecule has 0 fully saturated rings. The van der Waals surface area contributed by atoms with E-state index >= 15 is 0 Å². The minimum Gasteiger partial charge on any atom is -0.311 e. The van der Waals surface area contributed by atoms with E-state index in [2.05, 4.69) is 247 Å². The van der Waals surface area contributed by atoms with Gasteiger partial charge in [-0.05, 0) is 166 Å². The smallest absolute Gasteiger partial charge is 0.252 e. The van der Waals surface area contributed by atoms with Crippen LogP contribution in [0, 0.1) is 0 Å². The molecule has 0 atom stereocenters. The zero-order chi connectivity index (χ0) is 85.3. The van der Waals surface area contributed by atoms with Crippen molar-refractivity contribution in [1.82, 2.24) is 9.13 Å². The Balaban J connectivity index is 0.895. The fourth-order valence-corrected chi connectivity index (χ4v) is 15.9. The summed E-state index contributed by atoms with van der Waals surface area (Å²) in [5, 5.41) is 0.0396. The fraction of sp³-hybridized carbons (Fsp3) is 0.204. The Labute approximate surface area is 632 Å². The molecule has 0 N–H and O–H groups in total. The molecule has 2 aromatic heterocycles. The molecule has 103 heavy (non-hydrogen) atoms. The maximum atomic E-state index is 9.39. The van der Waals surface area contributed by atoms with Crippen LogP contribution in [-0.2, 0) is 27.1 Å². The topological polar surface area (TPSA) is 16.3 Å². The molecule has 506 valence electrons. The summed E-state index contributed by atoms with van der Waals surface area (Å²) in [6.45, 7) is 34.3. The lowest BCUT2D eigenvalue weighted by molar-refractivity contribution is 0.570. The Morgan fingerprint density at radius 2 is 0.495 bits per heavy atom. The van der Waals surface area contributed by atoms with Crippen molar-refractivity contribution in [3.05, 3.63) is 306 Å². The van der Waals surface area contributed by atoms with Gasteiger partial charge in [0.1, 0.15) is 0 Å². The number of para-hydroxylation sites is 8. The van der Waals surface area contributed by atoms with Gasteiger partial charge in [0.2, 0.25) is 0 Å². The molecule has 0 aliphatic carbocycles. The SMILES string of the molecule is [2H]c1c([2H])c([2H])c2c(c1[2H])c1c([2H])c([2H])c([2H])c([2H])c1n2-c1ccccc1-c1ccc(-c2ccccc2N2c3cc(C(C)(C)C)cc4c3B(c3c2cc(C(C)(C)C)cc3C(C)(C)C)c2c(cc(C(C)(C)C)cc2C(C)(C)C)N4c2ccccc2-c2ccc(-c3ccccc3-n3c4c([2H])c([2H])c([2H])c([2H])c4c4c([2H])c([2H])c([2H])c([2H])c43)cc2)cc1. The number of nitrogens with zero attached hydrogens (tertiary/aromatic N) is 4. The van der Waals surface area contributed by atoms with Crippen LogP contribution in [0.4, 0.5) is 34.1 Å². The van der Waals surface area contributed by atoms with Crippen LogP contribution in [0.2, 0.25) is 0 Å². The molecule has 2 aliphatic heterocycles. The lowest BCUT2D eigenvalue weighted by Crippen LogP contribution is -2.64. The predicted octanol–water partition coefficient (Wildman–Crippen LogP) is 25.1. The van der Waals surface area contributed by atoms with Gasteiger partial charge in [-0.3, -0.25) is 0 Å². The molecule has 0 unspecified atom stereocenters. The summed E-state index contributed by atoms with van der Waals surface area (Å²) in [7, 11) is 0. The third-order valence-electron chi connectivity index (χ3n) is 21.2. The number of rotatable bonds is 8. The molecule has 17 rings (SSSR count). The van der Waals surface area contributed by atoms with Crippen LogP contribution in [0.5, 0.6) is 0 Å². The van der Waals surface area contributed by atoms with E-state index in [0.717, 1.165) is 78.5 Å². The zero-order valence-electron chi connectivity index (χ0n) is 77.2. The van der Waals surface area contributed by atoms with E-state index in [1.807, 2.05) is 48.5 Å². The lowest BCUT2D eigenvalue weighted by Gasteiger charge is -2.49. The highest BCUT2D eigenvalue weighted by Crippen LogP contribution is 2.53. The van der Waals surface area contributed by atoms with Gasteiger partial charge in [-0.25, -0.2) is 0 Å². The molecule has 0 saturated carbocycles. The average Bonchev–Trinajstić information content (AvgIpc) is 1.54. The fourth-order valence-electron chi connectivity index (χ4n) is 15.9. The summed E-state index contributed by atoms with van der Waals surface area (Å²) >= 11 is 0. The van der Waals surface area contributed by atoms with Gasteiger partial charge < -0.3 is 18.9 Å². The van der Waals surface area contributed by atoms with Crippen LogP contribution in [0.1, 0.15) is 154 Å². The number of fused-ring (bicyclic) bond motifs is 10. The van der Waals surface area contributed by atoms with E-state index in [0.29, 0.717) is 22.5 Å². The normalized spacial score (nSPS) is 15.5. The van der Waals surface area contributed by atoms with Crippen LogP contribution < -0.4 is 26.2 Å². The Morgan fingerprint density at radius 1 is 0.252 bits per heavy atom. The quantitative estimate of drug-likeness (QED) is 0.141. The molecule has 13 aromatic carbocycles. The van der Waals surface area contributed by atoms with Gasteiger partial charge in [-0.15, -0.1) is 0 Å². The van der Waals surface area contributed by atoms with Crippen LogP contribution in [0.25, 0.3) is 99.5 Å². The van der Waals surface area contributed by atoms with Crippen molar-refractivity contribution >= 4 is 101 Å². The van der Waals surface area contributed by atoms with Crippen molar-refractivity contribution in [3.63, 3.8) is 0 Å². The number of benzene rings is 13. The van der Waals surface area contributed by atoms with Gasteiger partial charge in [-0.2, -0.15) is 0 Å². The molecule has 0 bridgehead atoms. The summed E-state index contributed by atoms with van der Waals surface area (Å²) in [6, 6.07) is 56.6. The summed E-state index contributed by atoms with van der Waals surface area (Å²) < 4.78 is 148. The van der Waals surface area contributed by atoms with Gasteiger partial charge in [0.05, 0.1) is 66.7 Å². The van der Waals surface area contributed by atoms with Crippen molar-refractivity contribution in [3.8, 4) is 55.9 Å². The van der Waals surface area contributed by atoms with Gasteiger partial charge in [0, 0.05) is 66.5 Å². The monoisotopic (exact) mass is 1350 g/mol. The summed E-state index contributed by atoms with van der Waals surface area (Å²) in [6.07, 6.45) is 0. The molecule has 2 aliphatic rings. The van der Waals surface area contributed by atoms with Gasteiger partial charge in [0.25, 0.3) is 6.71 Å². The van der Waals surface area contributed by atoms with E-state index in [-0.39, 0.29) is 85.3 Å². The first kappa shape index (κ1) is 49.7. The van der Waals surface area contributed by atoms with Crippen LogP contribution in [0.3, 0.4) is 0 Å². The standard InChI is InChI=1S/C98H91BN4/c1-94(2,3)66-56-77(97(10,11)12)91-87(58-66)102(81-42-26-18-34-71(81)64-52-48-62(49-53-64)69-32-16-24-40-79(69)100-83-44-28-20-36-73(83)74-37-21-29-45-84(74)100)89-60-68(96(7,8)9)61-90-93(89)99(91)92-78(98(13,14)15)57-67(95(4,5)6)59-88(92)103(90)82-43-27-19-35-72(82)65-54-50-63(51-55-65)70-33-17-25-41-80(70)101-85-46-30-22-38-75(85)76-39-23-31-47-86(76)101/h16-61H,1-15H3/i20D,21D,22D,23D,28D,29D,30D,31D,36D,37D,38D,39D,44D,45D,46D,47D. The van der Waals surface area contributed by atoms with Crippen molar-refractivity contribution < 1.29 is 21.9 Å². The maximum absolute atomic E-state index is 9.39. The Morgan fingerprint density at radius 3 is 0.777 bits per heavy atom. The van der Waals surface area contributed by atoms with Crippen LogP contribution in [0.15, 0.2) is 279 Å². The summed E-state index contributed by atoms with van der Waals surface area (Å²) in [5.41, 5.74) is 21.5. The third-order valence-corrected chi connectivity index (χ3v) is 21.2. The van der Waals surface area contributed by atoms with Gasteiger partial charge in [-0.1, -0.05) is 310 Å². The average molecular weight is 1350 g/mol. The van der Waals surface area contributed by atoms with E-state index in [1.54, 1.807) is 9.13 Å². The second-order valence-electron chi connectivity index (χ2n) is 33.0. The molecule has 15 aromatic rings. The number of aromatic nitrogens is 2. The first-order valence-electron chi connectivity index (χ1n) is 43.7.